The smallest absolute Gasteiger partial charge is 0.315 e. The number of piperazine rings is 1. The minimum absolute atomic E-state index is 0. The van der Waals surface area contributed by atoms with Crippen LogP contribution in [0.2, 0.25) is 5.02 Å². The molecule has 0 amide bonds. The van der Waals surface area contributed by atoms with E-state index in [1.807, 2.05) is 26.0 Å². The molecular formula is C28H38ClIN2O2. The zero-order chi connectivity index (χ0) is 30.9. The maximum atomic E-state index is 12.6. The first-order chi connectivity index (χ1) is 18.7. The highest BCUT2D eigenvalue weighted by Gasteiger charge is 2.49. The van der Waals surface area contributed by atoms with Crippen LogP contribution in [0.4, 0.5) is 0 Å². The van der Waals surface area contributed by atoms with Gasteiger partial charge in [0.05, 0.1) is 36.4 Å². The quantitative estimate of drug-likeness (QED) is 0.305. The summed E-state index contributed by atoms with van der Waals surface area (Å²) in [5.41, 5.74) is 0.376. The number of carbonyl (C=O) groups is 1. The zero-order valence-corrected chi connectivity index (χ0v) is 23.3. The normalized spacial score (nSPS) is 30.2. The Morgan fingerprint density at radius 2 is 1.97 bits per heavy atom. The molecule has 0 bridgehead atoms. The van der Waals surface area contributed by atoms with Gasteiger partial charge in [0, 0.05) is 23.5 Å². The van der Waals surface area contributed by atoms with Gasteiger partial charge in [0.1, 0.15) is 5.54 Å². The molecular weight excluding hydrogens is 559 g/mol. The van der Waals surface area contributed by atoms with Crippen LogP contribution in [0.1, 0.15) is 80.7 Å². The van der Waals surface area contributed by atoms with Crippen LogP contribution in [0.25, 0.3) is 0 Å². The van der Waals surface area contributed by atoms with Crippen molar-refractivity contribution in [2.75, 3.05) is 33.3 Å². The van der Waals surface area contributed by atoms with E-state index in [9.17, 15) is 4.79 Å². The van der Waals surface area contributed by atoms with Crippen LogP contribution >= 0.6 is 11.6 Å². The van der Waals surface area contributed by atoms with E-state index < -0.39 is 35.9 Å². The summed E-state index contributed by atoms with van der Waals surface area (Å²) in [6.07, 6.45) is 0.451. The van der Waals surface area contributed by atoms with E-state index in [1.165, 1.54) is 0 Å². The number of esters is 1. The number of hydrogen-bond acceptors (Lipinski definition) is 3. The van der Waals surface area contributed by atoms with Gasteiger partial charge in [-0.2, -0.15) is 0 Å². The van der Waals surface area contributed by atoms with Gasteiger partial charge in [-0.25, -0.2) is 0 Å². The molecule has 34 heavy (non-hydrogen) atoms. The van der Waals surface area contributed by atoms with Crippen molar-refractivity contribution in [2.24, 2.45) is 5.41 Å². The lowest BCUT2D eigenvalue weighted by atomic mass is 9.92. The average Bonchev–Trinajstić information content (AvgIpc) is 3.22. The molecule has 186 valence electrons. The standard InChI is InChI=1S/C28H38ClN2O2.HI/c1-27(2,3)26(32)33-19-31(6)15-14-30(18-28(31,4)5)25-17-23(20-10-8-7-9-11-20)22-13-12-21(29)16-24(22)25;/h7-13,16,23,25H,14-15,17-19H2,1-6H3;1H/q+1;/p-1/t23-,25+,31-;/m0./s1/i6D3,7D,8D,9D,10D,11D;. The SMILES string of the molecule is [2H]c1c([2H])c([2H])c([C@@H]2C[C@@H](N3CC[N@+](COC(=O)C(C)(C)C)(C([2H])([2H])[2H])C(C)(C)C3)c3cc(Cl)ccc32)c([2H])c1[2H].[I-]. The van der Waals surface area contributed by atoms with Gasteiger partial charge >= 0.3 is 5.97 Å². The number of quaternary nitrogens is 1. The Morgan fingerprint density at radius 1 is 1.26 bits per heavy atom. The second kappa shape index (κ2) is 10.1. The fourth-order valence-corrected chi connectivity index (χ4v) is 5.07. The third-order valence-corrected chi connectivity index (χ3v) is 7.33. The van der Waals surface area contributed by atoms with Gasteiger partial charge in [-0.15, -0.1) is 0 Å². The number of rotatable bonds is 4. The number of carbonyl (C=O) groups excluding carboxylic acids is 1. The van der Waals surface area contributed by atoms with Crippen LogP contribution < -0.4 is 24.0 Å². The largest absolute Gasteiger partial charge is 1.00 e. The fraction of sp³-hybridized carbons (Fsp3) is 0.536. The number of hydrogen-bond donors (Lipinski definition) is 0. The van der Waals surface area contributed by atoms with Gasteiger partial charge in [-0.3, -0.25) is 14.2 Å². The van der Waals surface area contributed by atoms with Gasteiger partial charge < -0.3 is 28.7 Å². The second-order valence-electron chi connectivity index (χ2n) is 10.9. The Labute approximate surface area is 238 Å². The number of ether oxygens (including phenoxy) is 1. The minimum Gasteiger partial charge on any atom is -1.00 e. The first-order valence-corrected chi connectivity index (χ1v) is 11.8. The molecule has 4 rings (SSSR count). The molecule has 0 N–H and O–H groups in total. The third kappa shape index (κ3) is 5.32. The third-order valence-electron chi connectivity index (χ3n) is 7.10. The first-order valence-electron chi connectivity index (χ1n) is 15.4. The molecule has 3 atom stereocenters. The van der Waals surface area contributed by atoms with Crippen LogP contribution in [0.15, 0.2) is 48.4 Å². The molecule has 0 spiro atoms. The lowest BCUT2D eigenvalue weighted by molar-refractivity contribution is -0.974. The highest BCUT2D eigenvalue weighted by Crippen LogP contribution is 2.48. The summed E-state index contributed by atoms with van der Waals surface area (Å²) in [7, 11) is 0. The average molecular weight is 605 g/mol. The van der Waals surface area contributed by atoms with Gasteiger partial charge in [0.2, 0.25) is 6.73 Å². The maximum Gasteiger partial charge on any atom is 0.315 e. The van der Waals surface area contributed by atoms with E-state index in [0.717, 1.165) is 11.1 Å². The molecule has 2 aliphatic rings. The summed E-state index contributed by atoms with van der Waals surface area (Å²) < 4.78 is 72.3. The predicted octanol–water partition coefficient (Wildman–Crippen LogP) is 3.01. The van der Waals surface area contributed by atoms with Crippen molar-refractivity contribution < 1.29 is 49.0 Å². The predicted molar refractivity (Wildman–Crippen MR) is 134 cm³/mol. The van der Waals surface area contributed by atoms with Gasteiger partial charge in [0.15, 0.2) is 0 Å². The van der Waals surface area contributed by atoms with Gasteiger partial charge in [-0.05, 0) is 69.9 Å². The summed E-state index contributed by atoms with van der Waals surface area (Å²) in [5.74, 6) is -0.918. The molecule has 6 heteroatoms. The molecule has 0 radical (unpaired) electrons. The van der Waals surface area contributed by atoms with Crippen molar-refractivity contribution in [3.63, 3.8) is 0 Å². The van der Waals surface area contributed by atoms with Crippen LogP contribution in [0.5, 0.6) is 0 Å². The lowest BCUT2D eigenvalue weighted by Gasteiger charge is -2.54. The van der Waals surface area contributed by atoms with Crippen molar-refractivity contribution in [2.45, 2.75) is 58.5 Å². The Kier molecular flexibility index (Phi) is 5.38. The summed E-state index contributed by atoms with van der Waals surface area (Å²) in [4.78, 5) is 14.8. The number of fused-ring (bicyclic) bond motifs is 1. The van der Waals surface area contributed by atoms with Crippen molar-refractivity contribution in [1.82, 2.24) is 4.90 Å². The lowest BCUT2D eigenvalue weighted by Crippen LogP contribution is -3.00. The highest BCUT2D eigenvalue weighted by molar-refractivity contribution is 6.30. The summed E-state index contributed by atoms with van der Waals surface area (Å²) >= 11 is 6.42. The van der Waals surface area contributed by atoms with Crippen LogP contribution in [-0.2, 0) is 9.53 Å². The molecule has 1 saturated heterocycles. The number of likely N-dealkylation sites (N-methyl/N-ethyl adjacent to an activating group) is 1. The molecule has 2 aromatic carbocycles. The van der Waals surface area contributed by atoms with E-state index in [2.05, 4.69) is 4.90 Å². The summed E-state index contributed by atoms with van der Waals surface area (Å²) in [5, 5.41) is 0.522. The Bertz CT molecular complexity index is 1350. The highest BCUT2D eigenvalue weighted by atomic mass is 127. The Morgan fingerprint density at radius 3 is 2.59 bits per heavy atom. The molecule has 1 aliphatic heterocycles. The zero-order valence-electron chi connectivity index (χ0n) is 28.4. The van der Waals surface area contributed by atoms with E-state index in [-0.39, 0.29) is 77.5 Å². The molecule has 1 heterocycles. The molecule has 0 saturated carbocycles. The van der Waals surface area contributed by atoms with Crippen LogP contribution in [-0.4, -0.2) is 54.2 Å². The molecule has 1 aliphatic carbocycles. The van der Waals surface area contributed by atoms with E-state index in [4.69, 9.17) is 27.3 Å². The van der Waals surface area contributed by atoms with Crippen molar-refractivity contribution in [3.8, 4) is 0 Å². The number of halogens is 2. The van der Waals surface area contributed by atoms with E-state index in [0.29, 0.717) is 24.5 Å². The topological polar surface area (TPSA) is 29.5 Å². The fourth-order valence-electron chi connectivity index (χ4n) is 4.89. The minimum atomic E-state index is -2.44. The molecule has 4 nitrogen and oxygen atoms in total. The number of benzene rings is 2. The maximum absolute atomic E-state index is 12.6. The molecule has 0 unspecified atom stereocenters. The van der Waals surface area contributed by atoms with E-state index in [1.54, 1.807) is 26.8 Å². The summed E-state index contributed by atoms with van der Waals surface area (Å²) in [6, 6.07) is 3.61. The molecule has 0 aromatic heterocycles. The van der Waals surface area contributed by atoms with Crippen LogP contribution in [0, 0.1) is 5.41 Å². The van der Waals surface area contributed by atoms with Gasteiger partial charge in [-0.1, -0.05) is 47.9 Å². The monoisotopic (exact) mass is 604 g/mol. The summed E-state index contributed by atoms with van der Waals surface area (Å²) in [6.45, 7) is 7.17. The Balaban J connectivity index is 0.00000484. The Hall–Kier alpha value is -1.15. The van der Waals surface area contributed by atoms with Crippen molar-refractivity contribution >= 4 is 17.6 Å². The van der Waals surface area contributed by atoms with Crippen molar-refractivity contribution in [1.29, 1.82) is 0 Å². The first kappa shape index (κ1) is 18.1. The number of nitrogens with zero attached hydrogens (tertiary/aromatic N) is 2. The van der Waals surface area contributed by atoms with E-state index >= 15 is 0 Å². The molecule has 1 fully saturated rings. The molecule has 2 aromatic rings. The second-order valence-corrected chi connectivity index (χ2v) is 11.3. The van der Waals surface area contributed by atoms with Crippen LogP contribution in [0.3, 0.4) is 0 Å². The van der Waals surface area contributed by atoms with Crippen molar-refractivity contribution in [3.05, 3.63) is 70.1 Å². The van der Waals surface area contributed by atoms with Gasteiger partial charge in [0.25, 0.3) is 0 Å².